The van der Waals surface area contributed by atoms with Gasteiger partial charge in [0.05, 0.1) is 0 Å². The van der Waals surface area contributed by atoms with Crippen LogP contribution in [0.15, 0.2) is 36.4 Å². The standard InChI is InChI=1S/C18H21Br/c1-12-8-9-14(3)16(10-12)11-18(19)17-7-5-6-13(2)15(17)4/h5-10,18H,11H2,1-4H3. The highest BCUT2D eigenvalue weighted by Gasteiger charge is 2.13. The zero-order valence-corrected chi connectivity index (χ0v) is 13.7. The van der Waals surface area contributed by atoms with E-state index >= 15 is 0 Å². The van der Waals surface area contributed by atoms with Crippen molar-refractivity contribution in [2.45, 2.75) is 38.9 Å². The van der Waals surface area contributed by atoms with Gasteiger partial charge in [-0.15, -0.1) is 0 Å². The van der Waals surface area contributed by atoms with Gasteiger partial charge in [-0.1, -0.05) is 57.9 Å². The predicted octanol–water partition coefficient (Wildman–Crippen LogP) is 5.60. The van der Waals surface area contributed by atoms with Crippen molar-refractivity contribution in [3.05, 3.63) is 69.8 Å². The van der Waals surface area contributed by atoms with Crippen molar-refractivity contribution in [1.82, 2.24) is 0 Å². The Kier molecular flexibility index (Phi) is 4.46. The maximum Gasteiger partial charge on any atom is 0.0438 e. The van der Waals surface area contributed by atoms with Crippen molar-refractivity contribution in [1.29, 1.82) is 0 Å². The molecule has 0 aromatic heterocycles. The fourth-order valence-electron chi connectivity index (χ4n) is 2.44. The van der Waals surface area contributed by atoms with Gasteiger partial charge in [0, 0.05) is 4.83 Å². The van der Waals surface area contributed by atoms with Crippen molar-refractivity contribution < 1.29 is 0 Å². The summed E-state index contributed by atoms with van der Waals surface area (Å²) >= 11 is 3.87. The number of rotatable bonds is 3. The third kappa shape index (κ3) is 3.27. The van der Waals surface area contributed by atoms with E-state index in [4.69, 9.17) is 0 Å². The molecule has 2 aromatic carbocycles. The Morgan fingerprint density at radius 1 is 0.947 bits per heavy atom. The molecule has 0 spiro atoms. The van der Waals surface area contributed by atoms with E-state index < -0.39 is 0 Å². The molecule has 0 saturated heterocycles. The Labute approximate surface area is 125 Å². The van der Waals surface area contributed by atoms with E-state index in [9.17, 15) is 0 Å². The average Bonchev–Trinajstić information content (AvgIpc) is 2.37. The topological polar surface area (TPSA) is 0 Å². The van der Waals surface area contributed by atoms with Crippen molar-refractivity contribution in [2.24, 2.45) is 0 Å². The number of benzene rings is 2. The Balaban J connectivity index is 2.28. The molecule has 0 aliphatic rings. The van der Waals surface area contributed by atoms with Crippen LogP contribution in [0.4, 0.5) is 0 Å². The molecule has 2 aromatic rings. The minimum Gasteiger partial charge on any atom is -0.0835 e. The van der Waals surface area contributed by atoms with Gasteiger partial charge < -0.3 is 0 Å². The molecule has 0 aliphatic carbocycles. The van der Waals surface area contributed by atoms with Gasteiger partial charge >= 0.3 is 0 Å². The Bertz CT molecular complexity index is 584. The zero-order chi connectivity index (χ0) is 14.0. The van der Waals surface area contributed by atoms with Crippen LogP contribution < -0.4 is 0 Å². The molecule has 1 atom stereocenters. The normalized spacial score (nSPS) is 12.5. The number of hydrogen-bond acceptors (Lipinski definition) is 0. The number of aryl methyl sites for hydroxylation is 3. The van der Waals surface area contributed by atoms with E-state index in [-0.39, 0.29) is 0 Å². The number of hydrogen-bond donors (Lipinski definition) is 0. The molecular weight excluding hydrogens is 296 g/mol. The van der Waals surface area contributed by atoms with Crippen molar-refractivity contribution in [3.8, 4) is 0 Å². The first-order valence-corrected chi connectivity index (χ1v) is 7.67. The van der Waals surface area contributed by atoms with Crippen LogP contribution in [0.2, 0.25) is 0 Å². The second kappa shape index (κ2) is 5.92. The maximum absolute atomic E-state index is 3.87. The van der Waals surface area contributed by atoms with Crippen LogP contribution in [0.25, 0.3) is 0 Å². The summed E-state index contributed by atoms with van der Waals surface area (Å²) in [6, 6.07) is 13.3. The van der Waals surface area contributed by atoms with Gasteiger partial charge in [-0.25, -0.2) is 0 Å². The first kappa shape index (κ1) is 14.3. The quantitative estimate of drug-likeness (QED) is 0.647. The monoisotopic (exact) mass is 316 g/mol. The fraction of sp³-hybridized carbons (Fsp3) is 0.333. The summed E-state index contributed by atoms with van der Waals surface area (Å²) < 4.78 is 0. The Hall–Kier alpha value is -1.08. The molecule has 0 nitrogen and oxygen atoms in total. The lowest BCUT2D eigenvalue weighted by Gasteiger charge is -2.16. The third-order valence-electron chi connectivity index (χ3n) is 3.89. The summed E-state index contributed by atoms with van der Waals surface area (Å²) in [6.07, 6.45) is 1.04. The first-order chi connectivity index (χ1) is 8.99. The predicted molar refractivity (Wildman–Crippen MR) is 87.2 cm³/mol. The van der Waals surface area contributed by atoms with E-state index in [0.29, 0.717) is 4.83 Å². The minimum atomic E-state index is 0.382. The van der Waals surface area contributed by atoms with Crippen LogP contribution in [-0.4, -0.2) is 0 Å². The van der Waals surface area contributed by atoms with E-state index in [0.717, 1.165) is 6.42 Å². The van der Waals surface area contributed by atoms with Gasteiger partial charge in [0.1, 0.15) is 0 Å². The highest BCUT2D eigenvalue weighted by molar-refractivity contribution is 9.09. The van der Waals surface area contributed by atoms with Gasteiger partial charge in [0.15, 0.2) is 0 Å². The molecule has 2 rings (SSSR count). The summed E-state index contributed by atoms with van der Waals surface area (Å²) in [6.45, 7) is 8.74. The molecule has 100 valence electrons. The highest BCUT2D eigenvalue weighted by Crippen LogP contribution is 2.31. The molecule has 0 amide bonds. The van der Waals surface area contributed by atoms with Crippen molar-refractivity contribution in [2.75, 3.05) is 0 Å². The molecule has 0 saturated carbocycles. The van der Waals surface area contributed by atoms with Crippen LogP contribution in [0.3, 0.4) is 0 Å². The summed E-state index contributed by atoms with van der Waals surface area (Å²) in [5.41, 5.74) is 8.31. The lowest BCUT2D eigenvalue weighted by molar-refractivity contribution is 0.923. The molecule has 0 bridgehead atoms. The number of halogens is 1. The van der Waals surface area contributed by atoms with E-state index in [1.54, 1.807) is 0 Å². The van der Waals surface area contributed by atoms with Gasteiger partial charge in [0.2, 0.25) is 0 Å². The summed E-state index contributed by atoms with van der Waals surface area (Å²) in [5, 5.41) is 0. The zero-order valence-electron chi connectivity index (χ0n) is 12.1. The van der Waals surface area contributed by atoms with E-state index in [2.05, 4.69) is 80.0 Å². The van der Waals surface area contributed by atoms with Gasteiger partial charge in [-0.2, -0.15) is 0 Å². The Morgan fingerprint density at radius 3 is 2.42 bits per heavy atom. The van der Waals surface area contributed by atoms with Crippen LogP contribution in [0, 0.1) is 27.7 Å². The van der Waals surface area contributed by atoms with Gasteiger partial charge in [-0.3, -0.25) is 0 Å². The van der Waals surface area contributed by atoms with Crippen LogP contribution >= 0.6 is 15.9 Å². The molecule has 19 heavy (non-hydrogen) atoms. The highest BCUT2D eigenvalue weighted by atomic mass is 79.9. The second-order valence-corrected chi connectivity index (χ2v) is 6.50. The van der Waals surface area contributed by atoms with Crippen LogP contribution in [0.5, 0.6) is 0 Å². The molecule has 1 heteroatoms. The first-order valence-electron chi connectivity index (χ1n) is 6.75. The van der Waals surface area contributed by atoms with Crippen LogP contribution in [-0.2, 0) is 6.42 Å². The van der Waals surface area contributed by atoms with Gasteiger partial charge in [0.25, 0.3) is 0 Å². The summed E-state index contributed by atoms with van der Waals surface area (Å²) in [7, 11) is 0. The molecule has 1 unspecified atom stereocenters. The fourth-order valence-corrected chi connectivity index (χ4v) is 3.28. The Morgan fingerprint density at radius 2 is 1.68 bits per heavy atom. The second-order valence-electron chi connectivity index (χ2n) is 5.39. The maximum atomic E-state index is 3.87. The third-order valence-corrected chi connectivity index (χ3v) is 4.70. The molecular formula is C18H21Br. The van der Waals surface area contributed by atoms with Crippen molar-refractivity contribution in [3.63, 3.8) is 0 Å². The van der Waals surface area contributed by atoms with Gasteiger partial charge in [-0.05, 0) is 61.9 Å². The number of alkyl halides is 1. The summed E-state index contributed by atoms with van der Waals surface area (Å²) in [4.78, 5) is 0.382. The average molecular weight is 317 g/mol. The van der Waals surface area contributed by atoms with Crippen LogP contribution in [0.1, 0.15) is 38.2 Å². The molecule has 0 radical (unpaired) electrons. The molecule has 0 aliphatic heterocycles. The largest absolute Gasteiger partial charge is 0.0835 e. The SMILES string of the molecule is Cc1ccc(C)c(CC(Br)c2cccc(C)c2C)c1. The molecule has 0 heterocycles. The summed E-state index contributed by atoms with van der Waals surface area (Å²) in [5.74, 6) is 0. The molecule has 0 fully saturated rings. The lowest BCUT2D eigenvalue weighted by Crippen LogP contribution is -2.01. The smallest absolute Gasteiger partial charge is 0.0438 e. The van der Waals surface area contributed by atoms with E-state index in [1.807, 2.05) is 0 Å². The lowest BCUT2D eigenvalue weighted by atomic mass is 9.95. The minimum absolute atomic E-state index is 0.382. The van der Waals surface area contributed by atoms with E-state index in [1.165, 1.54) is 33.4 Å². The molecule has 0 N–H and O–H groups in total. The van der Waals surface area contributed by atoms with Crippen molar-refractivity contribution >= 4 is 15.9 Å².